The molecular formula is C21H34Cl2N6S. The van der Waals surface area contributed by atoms with Crippen molar-refractivity contribution in [3.63, 3.8) is 0 Å². The second kappa shape index (κ2) is 10.7. The molecule has 5 rings (SSSR count). The molecule has 1 aliphatic heterocycles. The van der Waals surface area contributed by atoms with Gasteiger partial charge in [0, 0.05) is 42.9 Å². The molecule has 30 heavy (non-hydrogen) atoms. The van der Waals surface area contributed by atoms with Crippen molar-refractivity contribution in [3.05, 3.63) is 11.9 Å². The summed E-state index contributed by atoms with van der Waals surface area (Å²) in [6.45, 7) is 5.29. The predicted octanol–water partition coefficient (Wildman–Crippen LogP) is 4.85. The molecule has 1 unspecified atom stereocenters. The van der Waals surface area contributed by atoms with Crippen molar-refractivity contribution < 1.29 is 0 Å². The van der Waals surface area contributed by atoms with Crippen molar-refractivity contribution in [3.8, 4) is 0 Å². The fourth-order valence-corrected chi connectivity index (χ4v) is 6.20. The molecule has 3 fully saturated rings. The molecule has 9 heteroatoms. The number of hydrogen-bond donors (Lipinski definition) is 1. The topological polar surface area (TPSA) is 58.4 Å². The van der Waals surface area contributed by atoms with Crippen LogP contribution in [-0.4, -0.2) is 50.5 Å². The Bertz CT molecular complexity index is 819. The number of anilines is 1. The summed E-state index contributed by atoms with van der Waals surface area (Å²) < 4.78 is 2.03. The number of aromatic nitrogens is 4. The lowest BCUT2D eigenvalue weighted by Crippen LogP contribution is -2.49. The number of halogens is 2. The Morgan fingerprint density at radius 3 is 2.47 bits per heavy atom. The van der Waals surface area contributed by atoms with Crippen LogP contribution >= 0.6 is 36.6 Å². The molecule has 2 aromatic rings. The van der Waals surface area contributed by atoms with Crippen molar-refractivity contribution in [2.45, 2.75) is 86.9 Å². The number of fused-ring (bicyclic) bond motifs is 1. The minimum absolute atomic E-state index is 0. The van der Waals surface area contributed by atoms with Gasteiger partial charge in [-0.25, -0.2) is 4.98 Å². The Balaban J connectivity index is 0.00000128. The van der Waals surface area contributed by atoms with Gasteiger partial charge in [0.1, 0.15) is 10.8 Å². The van der Waals surface area contributed by atoms with Crippen LogP contribution in [0.15, 0.2) is 11.1 Å². The monoisotopic (exact) mass is 472 g/mol. The number of nitrogens with zero attached hydrogens (tertiary/aromatic N) is 5. The van der Waals surface area contributed by atoms with Gasteiger partial charge in [-0.15, -0.1) is 41.7 Å². The second-order valence-electron chi connectivity index (χ2n) is 8.79. The molecule has 0 radical (unpaired) electrons. The summed E-state index contributed by atoms with van der Waals surface area (Å²) >= 11 is 1.96. The van der Waals surface area contributed by atoms with E-state index in [1.807, 2.05) is 16.3 Å². The van der Waals surface area contributed by atoms with E-state index >= 15 is 0 Å². The van der Waals surface area contributed by atoms with Gasteiger partial charge in [0.25, 0.3) is 5.78 Å². The van der Waals surface area contributed by atoms with Gasteiger partial charge in [-0.1, -0.05) is 32.1 Å². The highest BCUT2D eigenvalue weighted by atomic mass is 35.5. The van der Waals surface area contributed by atoms with Gasteiger partial charge < -0.3 is 10.2 Å². The molecule has 1 saturated heterocycles. The molecule has 1 atom stereocenters. The lowest BCUT2D eigenvalue weighted by molar-refractivity contribution is 0.428. The fraction of sp³-hybridized carbons (Fsp3) is 0.762. The van der Waals surface area contributed by atoms with Crippen LogP contribution in [0.2, 0.25) is 0 Å². The van der Waals surface area contributed by atoms with Crippen LogP contribution in [0.3, 0.4) is 0 Å². The third-order valence-electron chi connectivity index (χ3n) is 6.54. The maximum absolute atomic E-state index is 4.98. The summed E-state index contributed by atoms with van der Waals surface area (Å²) in [6, 6.07) is 2.76. The zero-order valence-electron chi connectivity index (χ0n) is 17.8. The Hall–Kier alpha value is -0.760. The summed E-state index contributed by atoms with van der Waals surface area (Å²) in [5.74, 6) is 3.49. The van der Waals surface area contributed by atoms with Crippen molar-refractivity contribution in [2.75, 3.05) is 24.5 Å². The van der Waals surface area contributed by atoms with Gasteiger partial charge in [-0.2, -0.15) is 9.50 Å². The molecule has 168 valence electrons. The molecule has 0 bridgehead atoms. The normalized spacial score (nSPS) is 23.4. The van der Waals surface area contributed by atoms with E-state index in [1.165, 1.54) is 63.6 Å². The largest absolute Gasteiger partial charge is 0.354 e. The van der Waals surface area contributed by atoms with Gasteiger partial charge in [-0.3, -0.25) is 0 Å². The Labute approximate surface area is 196 Å². The fourth-order valence-electron chi connectivity index (χ4n) is 4.98. The van der Waals surface area contributed by atoms with Crippen molar-refractivity contribution in [1.82, 2.24) is 24.9 Å². The van der Waals surface area contributed by atoms with Crippen LogP contribution in [0.5, 0.6) is 0 Å². The average Bonchev–Trinajstić information content (AvgIpc) is 3.38. The lowest BCUT2D eigenvalue weighted by atomic mass is 9.89. The maximum atomic E-state index is 4.98. The van der Waals surface area contributed by atoms with E-state index in [2.05, 4.69) is 23.2 Å². The highest BCUT2D eigenvalue weighted by Gasteiger charge is 2.25. The molecule has 0 amide bonds. The van der Waals surface area contributed by atoms with Gasteiger partial charge in [0.05, 0.1) is 0 Å². The molecular weight excluding hydrogens is 439 g/mol. The molecule has 6 nitrogen and oxygen atoms in total. The first-order valence-electron chi connectivity index (χ1n) is 11.2. The van der Waals surface area contributed by atoms with Crippen LogP contribution in [0.4, 0.5) is 5.82 Å². The van der Waals surface area contributed by atoms with Crippen LogP contribution < -0.4 is 10.2 Å². The smallest absolute Gasteiger partial charge is 0.255 e. The first-order valence-corrected chi connectivity index (χ1v) is 12.1. The Kier molecular flexibility index (Phi) is 8.53. The zero-order valence-corrected chi connectivity index (χ0v) is 20.2. The number of hydrogen-bond acceptors (Lipinski definition) is 6. The highest BCUT2D eigenvalue weighted by Crippen LogP contribution is 2.36. The second-order valence-corrected chi connectivity index (χ2v) is 10.1. The first-order chi connectivity index (χ1) is 13.8. The molecule has 0 aromatic carbocycles. The van der Waals surface area contributed by atoms with E-state index in [0.717, 1.165) is 36.3 Å². The third-order valence-corrected chi connectivity index (χ3v) is 7.79. The van der Waals surface area contributed by atoms with E-state index in [0.29, 0.717) is 17.2 Å². The van der Waals surface area contributed by atoms with E-state index in [4.69, 9.17) is 15.1 Å². The van der Waals surface area contributed by atoms with Crippen molar-refractivity contribution >= 4 is 48.2 Å². The Morgan fingerprint density at radius 2 is 1.73 bits per heavy atom. The van der Waals surface area contributed by atoms with Crippen molar-refractivity contribution in [2.24, 2.45) is 0 Å². The molecule has 2 aliphatic carbocycles. The summed E-state index contributed by atoms with van der Waals surface area (Å²) in [4.78, 5) is 12.3. The average molecular weight is 474 g/mol. The standard InChI is InChI=1S/C21H32N6S.2ClH/c1-15-14-26(12-11-22-15)19-13-18(28-17-9-5-6-10-17)23-21-24-20(25-27(19)21)16-7-3-2-4-8-16;;/h13,15-17,22H,2-12,14H2,1H3;2*1H. The summed E-state index contributed by atoms with van der Waals surface area (Å²) in [5.41, 5.74) is 0. The van der Waals surface area contributed by atoms with Gasteiger partial charge >= 0.3 is 0 Å². The van der Waals surface area contributed by atoms with Crippen LogP contribution in [0, 0.1) is 0 Å². The number of nitrogens with one attached hydrogen (secondary N) is 1. The quantitative estimate of drug-likeness (QED) is 0.641. The van der Waals surface area contributed by atoms with Gasteiger partial charge in [0.15, 0.2) is 5.82 Å². The molecule has 3 aliphatic rings. The van der Waals surface area contributed by atoms with Crippen LogP contribution in [0.25, 0.3) is 5.78 Å². The van der Waals surface area contributed by atoms with Gasteiger partial charge in [0.2, 0.25) is 0 Å². The van der Waals surface area contributed by atoms with E-state index < -0.39 is 0 Å². The summed E-state index contributed by atoms with van der Waals surface area (Å²) in [5, 5.41) is 10.4. The molecule has 0 spiro atoms. The zero-order chi connectivity index (χ0) is 18.9. The minimum atomic E-state index is 0. The molecule has 3 heterocycles. The Morgan fingerprint density at radius 1 is 1.00 bits per heavy atom. The molecule has 2 aromatic heterocycles. The molecule has 2 saturated carbocycles. The summed E-state index contributed by atoms with van der Waals surface area (Å²) in [6.07, 6.45) is 11.8. The van der Waals surface area contributed by atoms with E-state index in [9.17, 15) is 0 Å². The highest BCUT2D eigenvalue weighted by molar-refractivity contribution is 7.99. The lowest BCUT2D eigenvalue weighted by Gasteiger charge is -2.33. The van der Waals surface area contributed by atoms with Crippen LogP contribution in [-0.2, 0) is 0 Å². The first kappa shape index (κ1) is 23.9. The predicted molar refractivity (Wildman–Crippen MR) is 129 cm³/mol. The van der Waals surface area contributed by atoms with Crippen LogP contribution in [0.1, 0.15) is 76.5 Å². The van der Waals surface area contributed by atoms with E-state index in [-0.39, 0.29) is 24.8 Å². The number of piperazine rings is 1. The molecule has 1 N–H and O–H groups in total. The third kappa shape index (κ3) is 5.17. The van der Waals surface area contributed by atoms with Gasteiger partial charge in [-0.05, 0) is 32.6 Å². The van der Waals surface area contributed by atoms with E-state index in [1.54, 1.807) is 0 Å². The SMILES string of the molecule is CC1CN(c2cc(SC3CCCC3)nc3nc(C4CCCCC4)nn23)CCN1.Cl.Cl. The number of thioether (sulfide) groups is 1. The minimum Gasteiger partial charge on any atom is -0.354 e. The summed E-state index contributed by atoms with van der Waals surface area (Å²) in [7, 11) is 0. The number of rotatable bonds is 4. The van der Waals surface area contributed by atoms with Crippen molar-refractivity contribution in [1.29, 1.82) is 0 Å². The maximum Gasteiger partial charge on any atom is 0.255 e.